The zero-order valence-electron chi connectivity index (χ0n) is 15.3. The van der Waals surface area contributed by atoms with Gasteiger partial charge in [0, 0.05) is 45.0 Å². The van der Waals surface area contributed by atoms with Gasteiger partial charge in [0.05, 0.1) is 0 Å². The molecule has 3 N–H and O–H groups in total. The van der Waals surface area contributed by atoms with Gasteiger partial charge >= 0.3 is 12.6 Å². The third-order valence-corrected chi connectivity index (χ3v) is 3.32. The van der Waals surface area contributed by atoms with Gasteiger partial charge in [-0.3, -0.25) is 0 Å². The van der Waals surface area contributed by atoms with E-state index in [-0.39, 0.29) is 5.75 Å². The topological polar surface area (TPSA) is 91.4 Å². The van der Waals surface area contributed by atoms with Crippen molar-refractivity contribution in [2.75, 3.05) is 42.7 Å². The maximum atomic E-state index is 12.2. The number of alkyl halides is 2. The summed E-state index contributed by atoms with van der Waals surface area (Å²) in [5, 5.41) is 8.32. The summed E-state index contributed by atoms with van der Waals surface area (Å²) in [7, 11) is 3.78. The van der Waals surface area contributed by atoms with E-state index in [4.69, 9.17) is 0 Å². The van der Waals surface area contributed by atoms with Gasteiger partial charge in [-0.15, -0.1) is 0 Å². The van der Waals surface area contributed by atoms with Crippen molar-refractivity contribution in [2.24, 2.45) is 0 Å². The van der Waals surface area contributed by atoms with Crippen molar-refractivity contribution in [1.29, 1.82) is 0 Å². The molecule has 0 aliphatic rings. The number of amides is 2. The number of aromatic nitrogens is 2. The van der Waals surface area contributed by atoms with Crippen LogP contribution in [0, 0.1) is 6.92 Å². The molecule has 27 heavy (non-hydrogen) atoms. The number of ether oxygens (including phenoxy) is 1. The van der Waals surface area contributed by atoms with Gasteiger partial charge in [0.2, 0.25) is 0 Å². The van der Waals surface area contributed by atoms with Crippen LogP contribution in [0.15, 0.2) is 30.3 Å². The first-order valence-corrected chi connectivity index (χ1v) is 8.20. The molecule has 2 aromatic rings. The van der Waals surface area contributed by atoms with Gasteiger partial charge in [0.25, 0.3) is 0 Å². The summed E-state index contributed by atoms with van der Waals surface area (Å²) < 4.78 is 28.7. The van der Waals surface area contributed by atoms with E-state index in [0.29, 0.717) is 30.4 Å². The predicted molar refractivity (Wildman–Crippen MR) is 99.7 cm³/mol. The largest absolute Gasteiger partial charge is 0.435 e. The summed E-state index contributed by atoms with van der Waals surface area (Å²) in [5.74, 6) is 2.05. The van der Waals surface area contributed by atoms with Gasteiger partial charge in [-0.25, -0.2) is 14.8 Å². The molecule has 0 saturated heterocycles. The second-order valence-corrected chi connectivity index (χ2v) is 5.77. The molecule has 0 spiro atoms. The fourth-order valence-corrected chi connectivity index (χ4v) is 2.16. The van der Waals surface area contributed by atoms with Gasteiger partial charge < -0.3 is 25.6 Å². The molecule has 0 radical (unpaired) electrons. The van der Waals surface area contributed by atoms with E-state index in [1.165, 1.54) is 18.2 Å². The molecule has 0 bridgehead atoms. The number of carbonyl (C=O) groups excluding carboxylic acids is 1. The zero-order chi connectivity index (χ0) is 19.8. The quantitative estimate of drug-likeness (QED) is 0.610. The Morgan fingerprint density at radius 1 is 1.22 bits per heavy atom. The molecule has 2 rings (SSSR count). The van der Waals surface area contributed by atoms with Crippen molar-refractivity contribution >= 4 is 23.4 Å². The van der Waals surface area contributed by atoms with E-state index >= 15 is 0 Å². The average molecular weight is 380 g/mol. The fourth-order valence-electron chi connectivity index (χ4n) is 2.16. The summed E-state index contributed by atoms with van der Waals surface area (Å²) in [5.41, 5.74) is 0.348. The van der Waals surface area contributed by atoms with Crippen LogP contribution in [0.1, 0.15) is 5.82 Å². The molecule has 1 aromatic heterocycles. The minimum Gasteiger partial charge on any atom is -0.435 e. The van der Waals surface area contributed by atoms with Gasteiger partial charge in [0.15, 0.2) is 0 Å². The highest BCUT2D eigenvalue weighted by Gasteiger charge is 2.07. The first kappa shape index (κ1) is 20.1. The lowest BCUT2D eigenvalue weighted by Crippen LogP contribution is -2.32. The number of rotatable bonds is 8. The van der Waals surface area contributed by atoms with Gasteiger partial charge in [-0.05, 0) is 19.1 Å². The number of hydrogen-bond acceptors (Lipinski definition) is 6. The molecule has 10 heteroatoms. The van der Waals surface area contributed by atoms with Crippen LogP contribution >= 0.6 is 0 Å². The lowest BCUT2D eigenvalue weighted by molar-refractivity contribution is -0.0497. The Bertz CT molecular complexity index is 773. The normalized spacial score (nSPS) is 10.4. The predicted octanol–water partition coefficient (Wildman–Crippen LogP) is 2.69. The summed E-state index contributed by atoms with van der Waals surface area (Å²) >= 11 is 0. The Kier molecular flexibility index (Phi) is 7.09. The second-order valence-electron chi connectivity index (χ2n) is 5.77. The zero-order valence-corrected chi connectivity index (χ0v) is 15.3. The Hall–Kier alpha value is -3.17. The summed E-state index contributed by atoms with van der Waals surface area (Å²) in [6, 6.07) is 7.12. The number of urea groups is 1. The third kappa shape index (κ3) is 6.92. The van der Waals surface area contributed by atoms with Crippen LogP contribution in [-0.4, -0.2) is 49.8 Å². The molecule has 1 aromatic carbocycles. The van der Waals surface area contributed by atoms with Crippen LogP contribution in [0.5, 0.6) is 5.75 Å². The van der Waals surface area contributed by atoms with Crippen LogP contribution in [0.2, 0.25) is 0 Å². The maximum absolute atomic E-state index is 12.2. The molecule has 0 aliphatic heterocycles. The SMILES string of the molecule is Cc1nc(NCCNC(=O)Nc2cccc(OC(F)F)c2)cc(N(C)C)n1. The van der Waals surface area contributed by atoms with E-state index < -0.39 is 12.6 Å². The monoisotopic (exact) mass is 380 g/mol. The Labute approximate surface area is 155 Å². The molecule has 0 atom stereocenters. The number of nitrogens with one attached hydrogen (secondary N) is 3. The number of carbonyl (C=O) groups is 1. The first-order chi connectivity index (χ1) is 12.8. The van der Waals surface area contributed by atoms with Crippen molar-refractivity contribution in [3.8, 4) is 5.75 Å². The first-order valence-electron chi connectivity index (χ1n) is 8.20. The van der Waals surface area contributed by atoms with Crippen molar-refractivity contribution in [2.45, 2.75) is 13.5 Å². The van der Waals surface area contributed by atoms with E-state index in [1.54, 1.807) is 13.0 Å². The number of anilines is 3. The van der Waals surface area contributed by atoms with Crippen LogP contribution in [-0.2, 0) is 0 Å². The highest BCUT2D eigenvalue weighted by atomic mass is 19.3. The van der Waals surface area contributed by atoms with Gasteiger partial charge in [-0.1, -0.05) is 6.07 Å². The Balaban J connectivity index is 1.78. The Morgan fingerprint density at radius 2 is 2.00 bits per heavy atom. The average Bonchev–Trinajstić information content (AvgIpc) is 2.58. The molecular weight excluding hydrogens is 358 g/mol. The second kappa shape index (κ2) is 9.51. The fraction of sp³-hybridized carbons (Fsp3) is 0.353. The lowest BCUT2D eigenvalue weighted by Gasteiger charge is -2.14. The van der Waals surface area contributed by atoms with Crippen LogP contribution in [0.25, 0.3) is 0 Å². The van der Waals surface area contributed by atoms with Crippen molar-refractivity contribution in [1.82, 2.24) is 15.3 Å². The van der Waals surface area contributed by atoms with Crippen LogP contribution < -0.4 is 25.6 Å². The molecular formula is C17H22F2N6O2. The molecule has 2 amide bonds. The minimum absolute atomic E-state index is 0.0275. The lowest BCUT2D eigenvalue weighted by atomic mass is 10.3. The number of nitrogens with zero attached hydrogens (tertiary/aromatic N) is 3. The molecule has 0 saturated carbocycles. The van der Waals surface area contributed by atoms with Crippen molar-refractivity contribution in [3.63, 3.8) is 0 Å². The van der Waals surface area contributed by atoms with E-state index in [2.05, 4.69) is 30.7 Å². The van der Waals surface area contributed by atoms with E-state index in [1.807, 2.05) is 25.1 Å². The number of hydrogen-bond donors (Lipinski definition) is 3. The highest BCUT2D eigenvalue weighted by Crippen LogP contribution is 2.19. The van der Waals surface area contributed by atoms with E-state index in [9.17, 15) is 13.6 Å². The summed E-state index contributed by atoms with van der Waals surface area (Å²) in [6.45, 7) is -0.334. The minimum atomic E-state index is -2.92. The van der Waals surface area contributed by atoms with E-state index in [0.717, 1.165) is 5.82 Å². The summed E-state index contributed by atoms with van der Waals surface area (Å²) in [6.07, 6.45) is 0. The molecule has 0 unspecified atom stereocenters. The molecule has 1 heterocycles. The number of halogens is 2. The van der Waals surface area contributed by atoms with Gasteiger partial charge in [-0.2, -0.15) is 8.78 Å². The number of benzene rings is 1. The standard InChI is InChI=1S/C17H22F2N6O2/c1-11-22-14(10-15(23-11)25(2)3)20-7-8-21-17(26)24-12-5-4-6-13(9-12)27-16(18)19/h4-6,9-10,16H,7-8H2,1-3H3,(H,20,22,23)(H2,21,24,26). The van der Waals surface area contributed by atoms with Crippen molar-refractivity contribution in [3.05, 3.63) is 36.2 Å². The van der Waals surface area contributed by atoms with Crippen LogP contribution in [0.3, 0.4) is 0 Å². The maximum Gasteiger partial charge on any atom is 0.387 e. The molecule has 0 fully saturated rings. The molecule has 0 aliphatic carbocycles. The smallest absolute Gasteiger partial charge is 0.387 e. The van der Waals surface area contributed by atoms with Crippen molar-refractivity contribution < 1.29 is 18.3 Å². The highest BCUT2D eigenvalue weighted by molar-refractivity contribution is 5.89. The summed E-state index contributed by atoms with van der Waals surface area (Å²) in [4.78, 5) is 22.3. The molecule has 8 nitrogen and oxygen atoms in total. The molecule has 146 valence electrons. The van der Waals surface area contributed by atoms with Gasteiger partial charge in [0.1, 0.15) is 23.2 Å². The Morgan fingerprint density at radius 3 is 2.70 bits per heavy atom. The third-order valence-electron chi connectivity index (χ3n) is 3.32. The van der Waals surface area contributed by atoms with Crippen LogP contribution in [0.4, 0.5) is 30.9 Å². The number of aryl methyl sites for hydroxylation is 1.